The van der Waals surface area contributed by atoms with Crippen LogP contribution in [0.4, 0.5) is 0 Å². The van der Waals surface area contributed by atoms with Crippen molar-refractivity contribution in [2.24, 2.45) is 46.3 Å². The first-order valence-electron chi connectivity index (χ1n) is 26.6. The quantitative estimate of drug-likeness (QED) is 0.114. The van der Waals surface area contributed by atoms with E-state index < -0.39 is 158 Å². The van der Waals surface area contributed by atoms with E-state index in [0.29, 0.717) is 44.6 Å². The molecule has 0 aromatic rings. The molecule has 6 aliphatic heterocycles. The van der Waals surface area contributed by atoms with E-state index in [1.165, 1.54) is 20.8 Å². The zero-order chi connectivity index (χ0) is 52.5. The third-order valence-electron chi connectivity index (χ3n) is 19.6. The van der Waals surface area contributed by atoms with Crippen LogP contribution in [0.15, 0.2) is 11.6 Å². The van der Waals surface area contributed by atoms with Gasteiger partial charge in [-0.25, -0.2) is 0 Å². The molecule has 416 valence electrons. The smallest absolute Gasteiger partial charge is 0.187 e. The Bertz CT molecular complexity index is 2010. The van der Waals surface area contributed by atoms with Crippen molar-refractivity contribution in [3.63, 3.8) is 0 Å². The highest BCUT2D eigenvalue weighted by molar-refractivity contribution is 5.87. The summed E-state index contributed by atoms with van der Waals surface area (Å²) < 4.78 is 61.7. The minimum absolute atomic E-state index is 0.0122. The highest BCUT2D eigenvalue weighted by Gasteiger charge is 2.72. The molecule has 10 aliphatic rings. The van der Waals surface area contributed by atoms with Crippen molar-refractivity contribution >= 4 is 5.78 Å². The van der Waals surface area contributed by atoms with Crippen molar-refractivity contribution in [1.82, 2.24) is 0 Å². The molecular weight excluding hydrogens is 965 g/mol. The van der Waals surface area contributed by atoms with Crippen LogP contribution in [0.3, 0.4) is 0 Å². The summed E-state index contributed by atoms with van der Waals surface area (Å²) in [6.07, 6.45) is -26.4. The Kier molecular flexibility index (Phi) is 15.3. The summed E-state index contributed by atoms with van der Waals surface area (Å²) in [5, 5.41) is 121. The van der Waals surface area contributed by atoms with Gasteiger partial charge >= 0.3 is 0 Å². The Morgan fingerprint density at radius 1 is 0.616 bits per heavy atom. The van der Waals surface area contributed by atoms with Crippen LogP contribution in [0.5, 0.6) is 0 Å². The molecule has 22 heteroatoms. The molecule has 10 rings (SSSR count). The third kappa shape index (κ3) is 9.04. The molecule has 1 spiro atoms. The van der Waals surface area contributed by atoms with Gasteiger partial charge in [0, 0.05) is 30.1 Å². The monoisotopic (exact) mass is 1040 g/mol. The summed E-state index contributed by atoms with van der Waals surface area (Å²) in [5.41, 5.74) is -0.252. The van der Waals surface area contributed by atoms with Crippen LogP contribution < -0.4 is 0 Å². The van der Waals surface area contributed by atoms with Gasteiger partial charge in [0.1, 0.15) is 85.1 Å². The topological polar surface area (TPSA) is 332 Å². The zero-order valence-corrected chi connectivity index (χ0v) is 42.6. The van der Waals surface area contributed by atoms with Gasteiger partial charge < -0.3 is 104 Å². The number of fused-ring (bicyclic) bond motifs is 7. The van der Waals surface area contributed by atoms with E-state index in [4.69, 9.17) is 47.4 Å². The molecule has 9 fully saturated rings. The minimum Gasteiger partial charge on any atom is -0.394 e. The fraction of sp³-hybridized carbons (Fsp3) is 0.941. The van der Waals surface area contributed by atoms with Crippen LogP contribution in [-0.2, 0) is 52.2 Å². The van der Waals surface area contributed by atoms with Gasteiger partial charge in [-0.05, 0) is 82.0 Å². The number of carbonyl (C=O) groups is 1. The number of aliphatic hydroxyl groups excluding tert-OH is 11. The maximum atomic E-state index is 14.8. The first-order chi connectivity index (χ1) is 34.4. The minimum atomic E-state index is -1.89. The first kappa shape index (κ1) is 54.9. The maximum Gasteiger partial charge on any atom is 0.187 e. The van der Waals surface area contributed by atoms with Crippen LogP contribution in [0.25, 0.3) is 0 Å². The van der Waals surface area contributed by atoms with E-state index in [2.05, 4.69) is 27.7 Å². The first-order valence-corrected chi connectivity index (χ1v) is 26.6. The molecule has 73 heavy (non-hydrogen) atoms. The van der Waals surface area contributed by atoms with Gasteiger partial charge in [-0.2, -0.15) is 0 Å². The Hall–Kier alpha value is -1.43. The predicted octanol–water partition coefficient (Wildman–Crippen LogP) is -1.76. The SMILES string of the molecule is C[C@@H]1CC[C@@]2(OC1)O[C@H]1C[C@H]3[C@@H]4[C@H](O)C=C5C[C@@H](O[C@@H]6O[C@H](CO)[C@@H](O[C@@H]7O[C@@H](C)[C@H](O[C@@H]8O[C@@H](C)[C@H](O)[C@@H](O)[C@H]8O)[C@@H](O)[C@H]7O)[C@H](O)[C@H]6O[C@@H]6O[C@@H](C)[C@H](O)[C@@H](O)[C@H]6O)CC[C@]5(C)[C@H]4CC(=O)[C@]3(C)[C@H]1[C@@H]2C. The second-order valence-electron chi connectivity index (χ2n) is 23.8. The van der Waals surface area contributed by atoms with Crippen molar-refractivity contribution in [3.05, 3.63) is 11.6 Å². The summed E-state index contributed by atoms with van der Waals surface area (Å²) in [6.45, 7) is 12.8. The van der Waals surface area contributed by atoms with Crippen molar-refractivity contribution in [3.8, 4) is 0 Å². The largest absolute Gasteiger partial charge is 0.394 e. The van der Waals surface area contributed by atoms with Gasteiger partial charge in [-0.3, -0.25) is 4.79 Å². The lowest BCUT2D eigenvalue weighted by Crippen LogP contribution is -2.67. The molecule has 11 N–H and O–H groups in total. The predicted molar refractivity (Wildman–Crippen MR) is 246 cm³/mol. The standard InChI is InChI=1S/C51H80O22/c1-18-8-11-51(64-17-18)19(2)32-28(73-51)14-26-31-25(15-30(54)50(26,32)7)49(6)10-9-24(12-23(49)13-27(31)53)68-48-44(72-46-39(61)36(58)34(56)21(4)66-46)41(63)43(29(16-52)69-48)71-47-40(62)37(59)42(22(5)67-47)70-45-38(60)35(57)33(55)20(3)65-45/h13,18-22,24-29,31-48,52-53,55-63H,8-12,14-17H2,1-7H3/t18-,19+,20+,21+,22+,24+,25+,26+,27-,28+,29-,31-,32+,33+,34+,35-,36-,37+,38-,39-,40-,41+,42+,43-,44-,45+,46+,47+,48-,49+,50-,51-/m1/s1. The Labute approximate surface area is 424 Å². The lowest BCUT2D eigenvalue weighted by Gasteiger charge is -2.59. The fourth-order valence-corrected chi connectivity index (χ4v) is 15.1. The van der Waals surface area contributed by atoms with Crippen LogP contribution in [-0.4, -0.2) is 222 Å². The van der Waals surface area contributed by atoms with Crippen molar-refractivity contribution in [2.45, 2.75) is 240 Å². The summed E-state index contributed by atoms with van der Waals surface area (Å²) in [4.78, 5) is 14.8. The molecular formula is C51H80O22. The number of hydrogen-bond acceptors (Lipinski definition) is 22. The van der Waals surface area contributed by atoms with Gasteiger partial charge in [0.25, 0.3) is 0 Å². The Morgan fingerprint density at radius 2 is 1.21 bits per heavy atom. The van der Waals surface area contributed by atoms with E-state index in [1.807, 2.05) is 6.08 Å². The average Bonchev–Trinajstić information content (AvgIpc) is 3.80. The number of rotatable bonds is 9. The van der Waals surface area contributed by atoms with E-state index in [-0.39, 0.29) is 41.5 Å². The summed E-state index contributed by atoms with van der Waals surface area (Å²) in [7, 11) is 0. The molecule has 0 amide bonds. The van der Waals surface area contributed by atoms with E-state index in [1.54, 1.807) is 0 Å². The van der Waals surface area contributed by atoms with Crippen LogP contribution in [0, 0.1) is 46.3 Å². The van der Waals surface area contributed by atoms with E-state index in [9.17, 15) is 61.0 Å². The molecule has 0 aromatic carbocycles. The van der Waals surface area contributed by atoms with Crippen LogP contribution in [0.1, 0.15) is 93.4 Å². The molecule has 6 heterocycles. The summed E-state index contributed by atoms with van der Waals surface area (Å²) in [5.74, 6) is -0.516. The normalized spacial score (nSPS) is 58.2. The number of ketones is 1. The molecule has 3 saturated carbocycles. The lowest BCUT2D eigenvalue weighted by molar-refractivity contribution is -0.394. The molecule has 0 bridgehead atoms. The van der Waals surface area contributed by atoms with Crippen LogP contribution in [0.2, 0.25) is 0 Å². The maximum absolute atomic E-state index is 14.8. The average molecular weight is 1050 g/mol. The van der Waals surface area contributed by atoms with Crippen molar-refractivity contribution in [2.75, 3.05) is 13.2 Å². The molecule has 6 saturated heterocycles. The Balaban J connectivity index is 0.856. The van der Waals surface area contributed by atoms with Gasteiger partial charge in [-0.1, -0.05) is 39.3 Å². The lowest BCUT2D eigenvalue weighted by atomic mass is 9.46. The van der Waals surface area contributed by atoms with E-state index >= 15 is 0 Å². The van der Waals surface area contributed by atoms with Gasteiger partial charge in [0.15, 0.2) is 30.9 Å². The third-order valence-corrected chi connectivity index (χ3v) is 19.6. The Morgan fingerprint density at radius 3 is 1.81 bits per heavy atom. The summed E-state index contributed by atoms with van der Waals surface area (Å²) >= 11 is 0. The summed E-state index contributed by atoms with van der Waals surface area (Å²) in [6, 6.07) is 0. The van der Waals surface area contributed by atoms with Gasteiger partial charge in [0.2, 0.25) is 0 Å². The second-order valence-corrected chi connectivity index (χ2v) is 23.8. The highest BCUT2D eigenvalue weighted by Crippen LogP contribution is 2.70. The van der Waals surface area contributed by atoms with Gasteiger partial charge in [0.05, 0.1) is 49.8 Å². The second kappa shape index (κ2) is 20.3. The number of Topliss-reactive ketones (excluding diaryl/α,β-unsaturated/α-hetero) is 1. The highest BCUT2D eigenvalue weighted by atomic mass is 16.8. The van der Waals surface area contributed by atoms with Gasteiger partial charge in [-0.15, -0.1) is 0 Å². The number of aliphatic hydroxyl groups is 11. The number of ether oxygens (including phenoxy) is 10. The fourth-order valence-electron chi connectivity index (χ4n) is 15.1. The number of carbonyl (C=O) groups excluding carboxylic acids is 1. The molecule has 32 atom stereocenters. The van der Waals surface area contributed by atoms with Crippen molar-refractivity contribution in [1.29, 1.82) is 0 Å². The molecule has 0 radical (unpaired) electrons. The zero-order valence-electron chi connectivity index (χ0n) is 42.6. The van der Waals surface area contributed by atoms with E-state index in [0.717, 1.165) is 18.4 Å². The van der Waals surface area contributed by atoms with Crippen molar-refractivity contribution < 1.29 is 108 Å². The number of hydrogen-bond donors (Lipinski definition) is 11. The molecule has 0 aromatic heterocycles. The van der Waals surface area contributed by atoms with Crippen LogP contribution >= 0.6 is 0 Å². The molecule has 0 unspecified atom stereocenters. The molecule has 4 aliphatic carbocycles. The molecule has 22 nitrogen and oxygen atoms in total.